The molecule has 3 rings (SSSR count). The Labute approximate surface area is 110 Å². The lowest BCUT2D eigenvalue weighted by atomic mass is 9.86. The maximum absolute atomic E-state index is 12.7. The molecular formula is C14H17F3N2. The SMILES string of the molecule is FC(F)(F)c1ccc2c(c1)NCC1(CCCC1)CN2. The van der Waals surface area contributed by atoms with Gasteiger partial charge in [0.1, 0.15) is 0 Å². The molecule has 2 N–H and O–H groups in total. The van der Waals surface area contributed by atoms with Crippen molar-refractivity contribution >= 4 is 11.4 Å². The van der Waals surface area contributed by atoms with Crippen molar-refractivity contribution in [3.05, 3.63) is 23.8 Å². The molecule has 0 amide bonds. The smallest absolute Gasteiger partial charge is 0.383 e. The van der Waals surface area contributed by atoms with E-state index in [-0.39, 0.29) is 5.41 Å². The summed E-state index contributed by atoms with van der Waals surface area (Å²) >= 11 is 0. The third kappa shape index (κ3) is 2.38. The summed E-state index contributed by atoms with van der Waals surface area (Å²) < 4.78 is 38.1. The average Bonchev–Trinajstić information content (AvgIpc) is 2.74. The number of rotatable bonds is 0. The maximum atomic E-state index is 12.7. The third-order valence-corrected chi connectivity index (χ3v) is 4.32. The molecule has 1 fully saturated rings. The van der Waals surface area contributed by atoms with Gasteiger partial charge in [-0.05, 0) is 31.0 Å². The van der Waals surface area contributed by atoms with Crippen molar-refractivity contribution in [3.8, 4) is 0 Å². The van der Waals surface area contributed by atoms with E-state index in [0.717, 1.165) is 37.7 Å². The van der Waals surface area contributed by atoms with Gasteiger partial charge >= 0.3 is 6.18 Å². The molecule has 1 aliphatic heterocycles. The van der Waals surface area contributed by atoms with Gasteiger partial charge in [-0.1, -0.05) is 12.8 Å². The van der Waals surface area contributed by atoms with E-state index in [1.807, 2.05) is 0 Å². The van der Waals surface area contributed by atoms with Crippen molar-refractivity contribution in [3.63, 3.8) is 0 Å². The van der Waals surface area contributed by atoms with Gasteiger partial charge in [0.25, 0.3) is 0 Å². The predicted octanol–water partition coefficient (Wildman–Crippen LogP) is 4.10. The molecule has 1 aliphatic carbocycles. The first-order chi connectivity index (χ1) is 8.99. The predicted molar refractivity (Wildman–Crippen MR) is 69.3 cm³/mol. The van der Waals surface area contributed by atoms with E-state index in [1.54, 1.807) is 0 Å². The summed E-state index contributed by atoms with van der Waals surface area (Å²) in [5.41, 5.74) is 0.954. The van der Waals surface area contributed by atoms with Gasteiger partial charge in [-0.2, -0.15) is 13.2 Å². The number of hydrogen-bond acceptors (Lipinski definition) is 2. The van der Waals surface area contributed by atoms with E-state index in [0.29, 0.717) is 5.69 Å². The summed E-state index contributed by atoms with van der Waals surface area (Å²) in [6.07, 6.45) is 0.440. The Morgan fingerprint density at radius 3 is 2.21 bits per heavy atom. The van der Waals surface area contributed by atoms with Crippen molar-refractivity contribution in [1.29, 1.82) is 0 Å². The molecule has 1 spiro atoms. The summed E-state index contributed by atoms with van der Waals surface area (Å²) in [5, 5.41) is 6.51. The summed E-state index contributed by atoms with van der Waals surface area (Å²) in [7, 11) is 0. The van der Waals surface area contributed by atoms with Gasteiger partial charge in [0.2, 0.25) is 0 Å². The monoisotopic (exact) mass is 270 g/mol. The highest BCUT2D eigenvalue weighted by molar-refractivity contribution is 5.71. The number of benzene rings is 1. The minimum Gasteiger partial charge on any atom is -0.383 e. The molecular weight excluding hydrogens is 253 g/mol. The van der Waals surface area contributed by atoms with E-state index in [1.165, 1.54) is 25.0 Å². The van der Waals surface area contributed by atoms with Crippen LogP contribution in [-0.2, 0) is 6.18 Å². The molecule has 1 aromatic carbocycles. The van der Waals surface area contributed by atoms with Gasteiger partial charge in [-0.25, -0.2) is 0 Å². The van der Waals surface area contributed by atoms with Crippen LogP contribution in [0.2, 0.25) is 0 Å². The van der Waals surface area contributed by atoms with E-state index in [9.17, 15) is 13.2 Å². The van der Waals surface area contributed by atoms with Crippen molar-refractivity contribution in [2.45, 2.75) is 31.9 Å². The normalized spacial score (nSPS) is 21.4. The summed E-state index contributed by atoms with van der Waals surface area (Å²) in [5.74, 6) is 0. The average molecular weight is 270 g/mol. The second kappa shape index (κ2) is 4.32. The molecule has 0 atom stereocenters. The Morgan fingerprint density at radius 2 is 1.58 bits per heavy atom. The zero-order chi connectivity index (χ0) is 13.5. The lowest BCUT2D eigenvalue weighted by Crippen LogP contribution is -2.31. The van der Waals surface area contributed by atoms with Gasteiger partial charge < -0.3 is 10.6 Å². The molecule has 0 aromatic heterocycles. The number of halogens is 3. The zero-order valence-electron chi connectivity index (χ0n) is 10.6. The van der Waals surface area contributed by atoms with Crippen LogP contribution < -0.4 is 10.6 Å². The Bertz CT molecular complexity index is 476. The van der Waals surface area contributed by atoms with E-state index < -0.39 is 11.7 Å². The molecule has 0 radical (unpaired) electrons. The zero-order valence-corrected chi connectivity index (χ0v) is 10.6. The van der Waals surface area contributed by atoms with Crippen LogP contribution in [0.15, 0.2) is 18.2 Å². The van der Waals surface area contributed by atoms with Crippen LogP contribution >= 0.6 is 0 Å². The first kappa shape index (κ1) is 12.6. The molecule has 0 bridgehead atoms. The molecule has 1 saturated carbocycles. The number of anilines is 2. The summed E-state index contributed by atoms with van der Waals surface area (Å²) in [6.45, 7) is 1.60. The van der Waals surface area contributed by atoms with Crippen LogP contribution in [0.1, 0.15) is 31.2 Å². The standard InChI is InChI=1S/C14H17F3N2/c15-14(16,17)10-3-4-11-12(7-10)19-9-13(8-18-11)5-1-2-6-13/h3-4,7,18-19H,1-2,5-6,8-9H2. The van der Waals surface area contributed by atoms with E-state index >= 15 is 0 Å². The minimum absolute atomic E-state index is 0.206. The van der Waals surface area contributed by atoms with Crippen LogP contribution in [0.3, 0.4) is 0 Å². The number of hydrogen-bond donors (Lipinski definition) is 2. The van der Waals surface area contributed by atoms with Crippen LogP contribution in [0.25, 0.3) is 0 Å². The summed E-state index contributed by atoms with van der Waals surface area (Å²) in [4.78, 5) is 0. The van der Waals surface area contributed by atoms with Gasteiger partial charge in [0.15, 0.2) is 0 Å². The van der Waals surface area contributed by atoms with Gasteiger partial charge in [-0.15, -0.1) is 0 Å². The summed E-state index contributed by atoms with van der Waals surface area (Å²) in [6, 6.07) is 3.87. The molecule has 0 unspecified atom stereocenters. The van der Waals surface area contributed by atoms with Crippen LogP contribution in [-0.4, -0.2) is 13.1 Å². The van der Waals surface area contributed by atoms with Crippen LogP contribution in [0.4, 0.5) is 24.5 Å². The highest BCUT2D eigenvalue weighted by Gasteiger charge is 2.36. The molecule has 1 aromatic rings. The molecule has 0 saturated heterocycles. The van der Waals surface area contributed by atoms with E-state index in [4.69, 9.17) is 0 Å². The van der Waals surface area contributed by atoms with Crippen molar-refractivity contribution in [2.24, 2.45) is 5.41 Å². The number of nitrogens with one attached hydrogen (secondary N) is 2. The number of fused-ring (bicyclic) bond motifs is 1. The Kier molecular flexibility index (Phi) is 2.87. The lowest BCUT2D eigenvalue weighted by molar-refractivity contribution is -0.137. The minimum atomic E-state index is -4.28. The Balaban J connectivity index is 1.86. The molecule has 104 valence electrons. The fraction of sp³-hybridized carbons (Fsp3) is 0.571. The van der Waals surface area contributed by atoms with Crippen molar-refractivity contribution in [2.75, 3.05) is 23.7 Å². The quantitative estimate of drug-likeness (QED) is 0.741. The highest BCUT2D eigenvalue weighted by atomic mass is 19.4. The second-order valence-corrected chi connectivity index (χ2v) is 5.67. The molecule has 2 aliphatic rings. The van der Waals surface area contributed by atoms with Crippen molar-refractivity contribution in [1.82, 2.24) is 0 Å². The van der Waals surface area contributed by atoms with Crippen LogP contribution in [0.5, 0.6) is 0 Å². The van der Waals surface area contributed by atoms with Crippen molar-refractivity contribution < 1.29 is 13.2 Å². The molecule has 19 heavy (non-hydrogen) atoms. The fourth-order valence-corrected chi connectivity index (χ4v) is 3.13. The second-order valence-electron chi connectivity index (χ2n) is 5.67. The molecule has 2 nitrogen and oxygen atoms in total. The third-order valence-electron chi connectivity index (χ3n) is 4.32. The Hall–Kier alpha value is -1.39. The first-order valence-corrected chi connectivity index (χ1v) is 6.68. The Morgan fingerprint density at radius 1 is 0.947 bits per heavy atom. The first-order valence-electron chi connectivity index (χ1n) is 6.68. The molecule has 1 heterocycles. The van der Waals surface area contributed by atoms with Gasteiger partial charge in [0.05, 0.1) is 16.9 Å². The highest BCUT2D eigenvalue weighted by Crippen LogP contribution is 2.42. The molecule has 5 heteroatoms. The van der Waals surface area contributed by atoms with Gasteiger partial charge in [0, 0.05) is 18.5 Å². The van der Waals surface area contributed by atoms with Crippen LogP contribution in [0, 0.1) is 5.41 Å². The number of alkyl halides is 3. The maximum Gasteiger partial charge on any atom is 0.416 e. The van der Waals surface area contributed by atoms with E-state index in [2.05, 4.69) is 10.6 Å². The fourth-order valence-electron chi connectivity index (χ4n) is 3.13. The van der Waals surface area contributed by atoms with Gasteiger partial charge in [-0.3, -0.25) is 0 Å². The topological polar surface area (TPSA) is 24.1 Å². The largest absolute Gasteiger partial charge is 0.416 e. The lowest BCUT2D eigenvalue weighted by Gasteiger charge is -2.27.